The van der Waals surface area contributed by atoms with Crippen LogP contribution in [0.25, 0.3) is 10.9 Å². The van der Waals surface area contributed by atoms with Crippen LogP contribution in [0.1, 0.15) is 30.9 Å². The summed E-state index contributed by atoms with van der Waals surface area (Å²) < 4.78 is 0. The van der Waals surface area contributed by atoms with Crippen LogP contribution >= 0.6 is 0 Å². The largest absolute Gasteiger partial charge is 0.366 e. The van der Waals surface area contributed by atoms with Crippen molar-refractivity contribution in [2.45, 2.75) is 39.7 Å². The first-order valence-electron chi connectivity index (χ1n) is 9.12. The van der Waals surface area contributed by atoms with Crippen LogP contribution in [0.15, 0.2) is 48.5 Å². The summed E-state index contributed by atoms with van der Waals surface area (Å²) in [4.78, 5) is 7.46. The third kappa shape index (κ3) is 3.07. The van der Waals surface area contributed by atoms with E-state index in [1.807, 2.05) is 0 Å². The Hall–Kier alpha value is -2.55. The Balaban J connectivity index is 1.84. The molecule has 2 heterocycles. The summed E-state index contributed by atoms with van der Waals surface area (Å²) in [5.41, 5.74) is 5.87. The van der Waals surface area contributed by atoms with Crippen LogP contribution in [0.5, 0.6) is 0 Å². The number of fused-ring (bicyclic) bond motifs is 1. The van der Waals surface area contributed by atoms with Crippen LogP contribution in [0.3, 0.4) is 0 Å². The standard InChI is InChI=1S/C22H25N3/c1-15-10-11-16(2)20(13-15)24-22-21(25-12-6-7-17(25)3)14-18-8-4-5-9-19(18)23-22/h4-5,8-11,13-14,17H,6-7,12H2,1-3H3,(H,23,24). The predicted molar refractivity (Wildman–Crippen MR) is 107 cm³/mol. The Morgan fingerprint density at radius 1 is 1.08 bits per heavy atom. The molecule has 0 bridgehead atoms. The minimum Gasteiger partial charge on any atom is -0.366 e. The maximum absolute atomic E-state index is 4.97. The molecule has 1 aliphatic heterocycles. The maximum atomic E-state index is 4.97. The van der Waals surface area contributed by atoms with E-state index in [9.17, 15) is 0 Å². The van der Waals surface area contributed by atoms with E-state index in [1.165, 1.54) is 35.0 Å². The highest BCUT2D eigenvalue weighted by molar-refractivity contribution is 5.88. The van der Waals surface area contributed by atoms with E-state index in [4.69, 9.17) is 4.98 Å². The fraction of sp³-hybridized carbons (Fsp3) is 0.318. The zero-order valence-corrected chi connectivity index (χ0v) is 15.2. The van der Waals surface area contributed by atoms with Crippen LogP contribution in [-0.2, 0) is 0 Å². The van der Waals surface area contributed by atoms with Crippen molar-refractivity contribution in [3.8, 4) is 0 Å². The van der Waals surface area contributed by atoms with Gasteiger partial charge in [0.15, 0.2) is 5.82 Å². The summed E-state index contributed by atoms with van der Waals surface area (Å²) in [6.07, 6.45) is 2.49. The SMILES string of the molecule is Cc1ccc(C)c(Nc2nc3ccccc3cc2N2CCCC2C)c1. The molecule has 128 valence electrons. The number of benzene rings is 2. The lowest BCUT2D eigenvalue weighted by Gasteiger charge is -2.27. The van der Waals surface area contributed by atoms with Crippen molar-refractivity contribution in [3.05, 3.63) is 59.7 Å². The summed E-state index contributed by atoms with van der Waals surface area (Å²) in [6.45, 7) is 7.68. The van der Waals surface area contributed by atoms with Gasteiger partial charge in [0, 0.05) is 23.7 Å². The van der Waals surface area contributed by atoms with Gasteiger partial charge in [0.05, 0.1) is 11.2 Å². The second-order valence-corrected chi connectivity index (χ2v) is 7.18. The van der Waals surface area contributed by atoms with E-state index >= 15 is 0 Å². The second-order valence-electron chi connectivity index (χ2n) is 7.18. The summed E-state index contributed by atoms with van der Waals surface area (Å²) in [6, 6.07) is 17.7. The molecule has 1 unspecified atom stereocenters. The van der Waals surface area contributed by atoms with Crippen LogP contribution < -0.4 is 10.2 Å². The van der Waals surface area contributed by atoms with Crippen molar-refractivity contribution in [3.63, 3.8) is 0 Å². The van der Waals surface area contributed by atoms with E-state index in [2.05, 4.69) is 79.5 Å². The highest BCUT2D eigenvalue weighted by Gasteiger charge is 2.24. The smallest absolute Gasteiger partial charge is 0.154 e. The number of nitrogens with zero attached hydrogens (tertiary/aromatic N) is 2. The quantitative estimate of drug-likeness (QED) is 0.678. The molecule has 0 spiro atoms. The number of anilines is 3. The fourth-order valence-electron chi connectivity index (χ4n) is 3.70. The maximum Gasteiger partial charge on any atom is 0.154 e. The van der Waals surface area contributed by atoms with Gasteiger partial charge >= 0.3 is 0 Å². The summed E-state index contributed by atoms with van der Waals surface area (Å²) in [5.74, 6) is 0.959. The summed E-state index contributed by atoms with van der Waals surface area (Å²) >= 11 is 0. The number of para-hydroxylation sites is 1. The molecule has 3 aromatic rings. The molecule has 2 aromatic carbocycles. The van der Waals surface area contributed by atoms with Gasteiger partial charge in [-0.3, -0.25) is 0 Å². The molecule has 1 atom stereocenters. The van der Waals surface area contributed by atoms with Crippen molar-refractivity contribution in [1.82, 2.24) is 4.98 Å². The zero-order valence-electron chi connectivity index (χ0n) is 15.2. The van der Waals surface area contributed by atoms with E-state index in [-0.39, 0.29) is 0 Å². The number of nitrogens with one attached hydrogen (secondary N) is 1. The van der Waals surface area contributed by atoms with Gasteiger partial charge in [0.25, 0.3) is 0 Å². The van der Waals surface area contributed by atoms with E-state index in [0.29, 0.717) is 6.04 Å². The molecule has 1 N–H and O–H groups in total. The Morgan fingerprint density at radius 2 is 1.92 bits per heavy atom. The number of pyridine rings is 1. The molecular formula is C22H25N3. The number of aromatic nitrogens is 1. The zero-order chi connectivity index (χ0) is 17.4. The van der Waals surface area contributed by atoms with Gasteiger partial charge in [-0.1, -0.05) is 30.3 Å². The van der Waals surface area contributed by atoms with Gasteiger partial charge in [-0.15, -0.1) is 0 Å². The third-order valence-electron chi connectivity index (χ3n) is 5.21. The molecule has 1 aliphatic rings. The first-order valence-corrected chi connectivity index (χ1v) is 9.12. The van der Waals surface area contributed by atoms with Crippen LogP contribution in [0.4, 0.5) is 17.2 Å². The number of hydrogen-bond donors (Lipinski definition) is 1. The predicted octanol–water partition coefficient (Wildman–Crippen LogP) is 5.58. The Kier molecular flexibility index (Phi) is 4.08. The Bertz CT molecular complexity index is 916. The van der Waals surface area contributed by atoms with Crippen LogP contribution in [0, 0.1) is 13.8 Å². The Labute approximate surface area is 149 Å². The van der Waals surface area contributed by atoms with Gasteiger partial charge in [-0.25, -0.2) is 4.98 Å². The van der Waals surface area contributed by atoms with Crippen molar-refractivity contribution in [2.75, 3.05) is 16.8 Å². The summed E-state index contributed by atoms with van der Waals surface area (Å²) in [5, 5.41) is 4.82. The lowest BCUT2D eigenvalue weighted by Crippen LogP contribution is -2.27. The number of aryl methyl sites for hydroxylation is 2. The molecule has 3 nitrogen and oxygen atoms in total. The molecule has 0 amide bonds. The third-order valence-corrected chi connectivity index (χ3v) is 5.21. The van der Waals surface area contributed by atoms with Gasteiger partial charge in [0.2, 0.25) is 0 Å². The molecule has 4 rings (SSSR count). The lowest BCUT2D eigenvalue weighted by atomic mass is 10.1. The molecule has 0 radical (unpaired) electrons. The first-order chi connectivity index (χ1) is 12.1. The van der Waals surface area contributed by atoms with E-state index in [1.54, 1.807) is 0 Å². The average molecular weight is 331 g/mol. The lowest BCUT2D eigenvalue weighted by molar-refractivity contribution is 0.735. The van der Waals surface area contributed by atoms with Crippen LogP contribution in [0.2, 0.25) is 0 Å². The molecule has 1 aromatic heterocycles. The second kappa shape index (κ2) is 6.40. The molecular weight excluding hydrogens is 306 g/mol. The van der Waals surface area contributed by atoms with Crippen molar-refractivity contribution >= 4 is 28.1 Å². The molecule has 25 heavy (non-hydrogen) atoms. The van der Waals surface area contributed by atoms with Crippen molar-refractivity contribution in [1.29, 1.82) is 0 Å². The number of rotatable bonds is 3. The topological polar surface area (TPSA) is 28.2 Å². The van der Waals surface area contributed by atoms with E-state index in [0.717, 1.165) is 23.6 Å². The monoisotopic (exact) mass is 331 g/mol. The molecule has 3 heteroatoms. The van der Waals surface area contributed by atoms with Crippen molar-refractivity contribution < 1.29 is 0 Å². The Morgan fingerprint density at radius 3 is 2.72 bits per heavy atom. The van der Waals surface area contributed by atoms with Gasteiger partial charge in [-0.05, 0) is 62.9 Å². The van der Waals surface area contributed by atoms with E-state index < -0.39 is 0 Å². The minimum atomic E-state index is 0.558. The molecule has 0 saturated carbocycles. The fourth-order valence-corrected chi connectivity index (χ4v) is 3.70. The highest BCUT2D eigenvalue weighted by atomic mass is 15.2. The van der Waals surface area contributed by atoms with Gasteiger partial charge < -0.3 is 10.2 Å². The van der Waals surface area contributed by atoms with Gasteiger partial charge in [0.1, 0.15) is 0 Å². The van der Waals surface area contributed by atoms with Crippen LogP contribution in [-0.4, -0.2) is 17.6 Å². The molecule has 1 saturated heterocycles. The number of hydrogen-bond acceptors (Lipinski definition) is 3. The van der Waals surface area contributed by atoms with Gasteiger partial charge in [-0.2, -0.15) is 0 Å². The normalized spacial score (nSPS) is 17.2. The van der Waals surface area contributed by atoms with Crippen molar-refractivity contribution in [2.24, 2.45) is 0 Å². The minimum absolute atomic E-state index is 0.558. The summed E-state index contributed by atoms with van der Waals surface area (Å²) in [7, 11) is 0. The molecule has 0 aliphatic carbocycles. The first kappa shape index (κ1) is 15.9. The average Bonchev–Trinajstić information content (AvgIpc) is 3.03. The molecule has 1 fully saturated rings. The highest BCUT2D eigenvalue weighted by Crippen LogP contribution is 2.35.